The molecule has 2 N–H and O–H groups in total. The van der Waals surface area contributed by atoms with Crippen LogP contribution in [-0.4, -0.2) is 40.1 Å². The highest BCUT2D eigenvalue weighted by Crippen LogP contribution is 2.21. The molecule has 1 saturated heterocycles. The number of carbonyl (C=O) groups is 2. The molecule has 122 valence electrons. The van der Waals surface area contributed by atoms with E-state index in [1.807, 2.05) is 34.6 Å². The highest BCUT2D eigenvalue weighted by molar-refractivity contribution is 5.82. The van der Waals surface area contributed by atoms with Crippen LogP contribution >= 0.6 is 0 Å². The number of amides is 3. The second kappa shape index (κ2) is 5.98. The lowest BCUT2D eigenvalue weighted by atomic mass is 10.1. The molecule has 1 fully saturated rings. The minimum atomic E-state index is -0.284. The molecule has 0 aliphatic carbocycles. The Morgan fingerprint density at radius 2 is 2.09 bits per heavy atom. The van der Waals surface area contributed by atoms with Crippen molar-refractivity contribution in [1.29, 1.82) is 0 Å². The van der Waals surface area contributed by atoms with E-state index in [1.165, 1.54) is 0 Å². The molecule has 7 heteroatoms. The molecular weight excluding hydrogens is 284 g/mol. The van der Waals surface area contributed by atoms with Crippen molar-refractivity contribution in [3.63, 3.8) is 0 Å². The first-order valence-electron chi connectivity index (χ1n) is 7.45. The maximum absolute atomic E-state index is 12.0. The van der Waals surface area contributed by atoms with Crippen molar-refractivity contribution in [2.24, 2.45) is 0 Å². The Hall–Kier alpha value is -2.05. The van der Waals surface area contributed by atoms with Crippen LogP contribution in [0.4, 0.5) is 4.79 Å². The summed E-state index contributed by atoms with van der Waals surface area (Å²) >= 11 is 0. The molecule has 0 bridgehead atoms. The van der Waals surface area contributed by atoms with E-state index in [2.05, 4.69) is 15.8 Å². The molecule has 1 aromatic heterocycles. The number of carbonyl (C=O) groups excluding carboxylic acids is 2. The van der Waals surface area contributed by atoms with Gasteiger partial charge in [0.15, 0.2) is 0 Å². The summed E-state index contributed by atoms with van der Waals surface area (Å²) < 4.78 is 5.05. The Morgan fingerprint density at radius 1 is 1.41 bits per heavy atom. The quantitative estimate of drug-likeness (QED) is 0.885. The van der Waals surface area contributed by atoms with Crippen molar-refractivity contribution in [2.45, 2.75) is 59.2 Å². The molecule has 1 aromatic rings. The van der Waals surface area contributed by atoms with E-state index in [1.54, 1.807) is 4.90 Å². The Bertz CT molecular complexity index is 554. The van der Waals surface area contributed by atoms with Crippen LogP contribution in [0.3, 0.4) is 0 Å². The monoisotopic (exact) mass is 308 g/mol. The summed E-state index contributed by atoms with van der Waals surface area (Å²) in [5, 5.41) is 9.48. The molecule has 0 spiro atoms. The number of rotatable bonds is 3. The first-order chi connectivity index (χ1) is 10.2. The molecule has 7 nitrogen and oxygen atoms in total. The van der Waals surface area contributed by atoms with Gasteiger partial charge in [0.2, 0.25) is 5.91 Å². The Morgan fingerprint density at radius 3 is 2.59 bits per heavy atom. The van der Waals surface area contributed by atoms with Crippen LogP contribution in [0.5, 0.6) is 0 Å². The van der Waals surface area contributed by atoms with Crippen LogP contribution < -0.4 is 10.6 Å². The Labute approximate surface area is 130 Å². The van der Waals surface area contributed by atoms with E-state index in [0.29, 0.717) is 25.3 Å². The second-order valence-electron chi connectivity index (χ2n) is 6.71. The summed E-state index contributed by atoms with van der Waals surface area (Å²) in [6.45, 7) is 10.5. The van der Waals surface area contributed by atoms with E-state index in [4.69, 9.17) is 4.52 Å². The fourth-order valence-corrected chi connectivity index (χ4v) is 2.61. The van der Waals surface area contributed by atoms with Gasteiger partial charge in [0, 0.05) is 30.6 Å². The average Bonchev–Trinajstić information content (AvgIpc) is 2.91. The van der Waals surface area contributed by atoms with Crippen LogP contribution in [-0.2, 0) is 11.3 Å². The molecule has 2 heterocycles. The van der Waals surface area contributed by atoms with Crippen molar-refractivity contribution in [1.82, 2.24) is 20.7 Å². The third-order valence-electron chi connectivity index (χ3n) is 3.88. The van der Waals surface area contributed by atoms with Crippen LogP contribution in [0.15, 0.2) is 4.52 Å². The van der Waals surface area contributed by atoms with Gasteiger partial charge in [-0.2, -0.15) is 0 Å². The third-order valence-corrected chi connectivity index (χ3v) is 3.88. The van der Waals surface area contributed by atoms with E-state index >= 15 is 0 Å². The molecule has 1 aliphatic rings. The van der Waals surface area contributed by atoms with Gasteiger partial charge in [0.05, 0.1) is 11.7 Å². The fraction of sp³-hybridized carbons (Fsp3) is 0.667. The zero-order chi connectivity index (χ0) is 16.5. The maximum atomic E-state index is 12.0. The third kappa shape index (κ3) is 3.58. The molecular formula is C15H24N4O3. The number of likely N-dealkylation sites (tertiary alicyclic amines) is 1. The van der Waals surface area contributed by atoms with Crippen LogP contribution in [0.2, 0.25) is 0 Å². The zero-order valence-electron chi connectivity index (χ0n) is 13.8. The molecule has 1 atom stereocenters. The topological polar surface area (TPSA) is 87.5 Å². The van der Waals surface area contributed by atoms with E-state index in [0.717, 1.165) is 11.3 Å². The zero-order valence-corrected chi connectivity index (χ0v) is 13.8. The van der Waals surface area contributed by atoms with Gasteiger partial charge in [0.25, 0.3) is 0 Å². The smallest absolute Gasteiger partial charge is 0.315 e. The van der Waals surface area contributed by atoms with Gasteiger partial charge in [-0.3, -0.25) is 4.79 Å². The fourth-order valence-electron chi connectivity index (χ4n) is 2.61. The largest absolute Gasteiger partial charge is 0.361 e. The predicted octanol–water partition coefficient (Wildman–Crippen LogP) is 1.49. The Balaban J connectivity index is 1.85. The standard InChI is InChI=1S/C15H24N4O3/c1-9-12(10(2)22-18-9)7-16-14(21)17-11-6-13(20)19(8-11)15(3,4)5/h11H,6-8H2,1-5H3,(H2,16,17,21). The minimum Gasteiger partial charge on any atom is -0.361 e. The molecule has 1 unspecified atom stereocenters. The predicted molar refractivity (Wildman–Crippen MR) is 81.2 cm³/mol. The number of aryl methyl sites for hydroxylation is 2. The van der Waals surface area contributed by atoms with Crippen LogP contribution in [0.25, 0.3) is 0 Å². The molecule has 0 aromatic carbocycles. The van der Waals surface area contributed by atoms with Crippen molar-refractivity contribution >= 4 is 11.9 Å². The lowest BCUT2D eigenvalue weighted by Crippen LogP contribution is -2.46. The Kier molecular flexibility index (Phi) is 4.44. The number of urea groups is 1. The number of hydrogen-bond acceptors (Lipinski definition) is 4. The normalized spacial score (nSPS) is 18.7. The summed E-state index contributed by atoms with van der Waals surface area (Å²) in [4.78, 5) is 25.8. The molecule has 0 saturated carbocycles. The summed E-state index contributed by atoms with van der Waals surface area (Å²) in [5.74, 6) is 0.774. The lowest BCUT2D eigenvalue weighted by molar-refractivity contribution is -0.131. The van der Waals surface area contributed by atoms with E-state index in [9.17, 15) is 9.59 Å². The number of hydrogen-bond donors (Lipinski definition) is 2. The van der Waals surface area contributed by atoms with Gasteiger partial charge in [-0.05, 0) is 34.6 Å². The summed E-state index contributed by atoms with van der Waals surface area (Å²) in [6, 6.07) is -0.440. The first kappa shape index (κ1) is 16.3. The summed E-state index contributed by atoms with van der Waals surface area (Å²) in [6.07, 6.45) is 0.343. The van der Waals surface area contributed by atoms with E-state index in [-0.39, 0.29) is 23.5 Å². The highest BCUT2D eigenvalue weighted by Gasteiger charge is 2.36. The lowest BCUT2D eigenvalue weighted by Gasteiger charge is -2.32. The van der Waals surface area contributed by atoms with Crippen molar-refractivity contribution < 1.29 is 14.1 Å². The van der Waals surface area contributed by atoms with Gasteiger partial charge in [-0.15, -0.1) is 0 Å². The first-order valence-corrected chi connectivity index (χ1v) is 7.45. The summed E-state index contributed by atoms with van der Waals surface area (Å²) in [7, 11) is 0. The van der Waals surface area contributed by atoms with Crippen molar-refractivity contribution in [3.05, 3.63) is 17.0 Å². The van der Waals surface area contributed by atoms with Gasteiger partial charge in [-0.25, -0.2) is 4.79 Å². The summed E-state index contributed by atoms with van der Waals surface area (Å²) in [5.41, 5.74) is 1.43. The highest BCUT2D eigenvalue weighted by atomic mass is 16.5. The second-order valence-corrected chi connectivity index (χ2v) is 6.71. The van der Waals surface area contributed by atoms with Crippen molar-refractivity contribution in [3.8, 4) is 0 Å². The van der Waals surface area contributed by atoms with Gasteiger partial charge in [-0.1, -0.05) is 5.16 Å². The molecule has 2 rings (SSSR count). The van der Waals surface area contributed by atoms with Crippen LogP contribution in [0.1, 0.15) is 44.2 Å². The average molecular weight is 308 g/mol. The van der Waals surface area contributed by atoms with Gasteiger partial charge < -0.3 is 20.1 Å². The van der Waals surface area contributed by atoms with Crippen molar-refractivity contribution in [2.75, 3.05) is 6.54 Å². The number of nitrogens with one attached hydrogen (secondary N) is 2. The van der Waals surface area contributed by atoms with Crippen LogP contribution in [0, 0.1) is 13.8 Å². The minimum absolute atomic E-state index is 0.0727. The molecule has 1 aliphatic heterocycles. The molecule has 22 heavy (non-hydrogen) atoms. The molecule has 3 amide bonds. The maximum Gasteiger partial charge on any atom is 0.315 e. The number of aromatic nitrogens is 1. The van der Waals surface area contributed by atoms with E-state index < -0.39 is 0 Å². The molecule has 0 radical (unpaired) electrons. The van der Waals surface area contributed by atoms with Gasteiger partial charge >= 0.3 is 6.03 Å². The number of nitrogens with zero attached hydrogens (tertiary/aromatic N) is 2. The van der Waals surface area contributed by atoms with Gasteiger partial charge in [0.1, 0.15) is 5.76 Å². The SMILES string of the molecule is Cc1noc(C)c1CNC(=O)NC1CC(=O)N(C(C)(C)C)C1.